The van der Waals surface area contributed by atoms with Gasteiger partial charge in [-0.3, -0.25) is 9.59 Å². The van der Waals surface area contributed by atoms with Crippen LogP contribution in [0.25, 0.3) is 0 Å². The third-order valence-electron chi connectivity index (χ3n) is 3.65. The Bertz CT molecular complexity index is 1030. The molecule has 0 bridgehead atoms. The van der Waals surface area contributed by atoms with Crippen molar-refractivity contribution in [2.24, 2.45) is 0 Å². The summed E-state index contributed by atoms with van der Waals surface area (Å²) in [4.78, 5) is 28.9. The number of nitrogens with zero attached hydrogens (tertiary/aromatic N) is 1. The maximum atomic E-state index is 13.6. The number of halogens is 3. The number of hydrogen-bond donors (Lipinski definition) is 2. The average Bonchev–Trinajstić information content (AvgIpc) is 3.06. The summed E-state index contributed by atoms with van der Waals surface area (Å²) in [7, 11) is 0. The van der Waals surface area contributed by atoms with Crippen molar-refractivity contribution in [2.45, 2.75) is 6.42 Å². The first-order chi connectivity index (χ1) is 13.4. The molecular weight excluding hydrogens is 408 g/mol. The molecular formula is C19H14ClF2N3O2S. The molecule has 1 aromatic heterocycles. The van der Waals surface area contributed by atoms with Gasteiger partial charge in [-0.1, -0.05) is 23.7 Å². The second-order valence-electron chi connectivity index (χ2n) is 5.79. The van der Waals surface area contributed by atoms with Gasteiger partial charge in [-0.05, 0) is 29.8 Å². The molecule has 3 rings (SSSR count). The lowest BCUT2D eigenvalue weighted by molar-refractivity contribution is -0.115. The number of carbonyl (C=O) groups is 2. The number of carbonyl (C=O) groups excluding carboxylic acids is 2. The Morgan fingerprint density at radius 1 is 1.14 bits per heavy atom. The summed E-state index contributed by atoms with van der Waals surface area (Å²) >= 11 is 7.26. The Hall–Kier alpha value is -2.84. The molecule has 2 N–H and O–H groups in total. The predicted molar refractivity (Wildman–Crippen MR) is 104 cm³/mol. The second kappa shape index (κ2) is 8.90. The lowest BCUT2D eigenvalue weighted by Crippen LogP contribution is -2.33. The van der Waals surface area contributed by atoms with Crippen LogP contribution >= 0.6 is 22.9 Å². The fourth-order valence-corrected chi connectivity index (χ4v) is 3.46. The molecule has 0 fully saturated rings. The third kappa shape index (κ3) is 5.34. The van der Waals surface area contributed by atoms with Gasteiger partial charge in [0.2, 0.25) is 5.91 Å². The van der Waals surface area contributed by atoms with Gasteiger partial charge in [0.05, 0.1) is 12.1 Å². The van der Waals surface area contributed by atoms with E-state index in [-0.39, 0.29) is 12.1 Å². The van der Waals surface area contributed by atoms with Crippen molar-refractivity contribution < 1.29 is 18.4 Å². The first-order valence-electron chi connectivity index (χ1n) is 8.13. The number of aromatic nitrogens is 1. The standard InChI is InChI=1S/C19H14ClF2N3O2S/c20-12-3-1-2-11(6-12)7-14-9-24-19(28-14)25-17(26)10-23-18(27)15-5-4-13(21)8-16(15)22/h1-6,8-9H,7,10H2,(H,23,27)(H,24,25,26). The van der Waals surface area contributed by atoms with Crippen LogP contribution < -0.4 is 10.6 Å². The van der Waals surface area contributed by atoms with Crippen LogP contribution in [0.3, 0.4) is 0 Å². The second-order valence-corrected chi connectivity index (χ2v) is 7.35. The molecule has 0 radical (unpaired) electrons. The highest BCUT2D eigenvalue weighted by molar-refractivity contribution is 7.15. The average molecular weight is 422 g/mol. The SMILES string of the molecule is O=C(CNC(=O)c1ccc(F)cc1F)Nc1ncc(Cc2cccc(Cl)c2)s1. The van der Waals surface area contributed by atoms with Gasteiger partial charge in [0, 0.05) is 28.6 Å². The van der Waals surface area contributed by atoms with Gasteiger partial charge in [-0.15, -0.1) is 11.3 Å². The zero-order valence-corrected chi connectivity index (χ0v) is 15.9. The van der Waals surface area contributed by atoms with E-state index in [0.717, 1.165) is 22.6 Å². The molecule has 2 amide bonds. The number of anilines is 1. The van der Waals surface area contributed by atoms with E-state index in [1.54, 1.807) is 12.3 Å². The van der Waals surface area contributed by atoms with E-state index in [1.807, 2.05) is 18.2 Å². The normalized spacial score (nSPS) is 10.5. The summed E-state index contributed by atoms with van der Waals surface area (Å²) in [6.07, 6.45) is 2.27. The zero-order chi connectivity index (χ0) is 20.1. The van der Waals surface area contributed by atoms with Crippen LogP contribution in [0.1, 0.15) is 20.8 Å². The van der Waals surface area contributed by atoms with Crippen molar-refractivity contribution in [3.8, 4) is 0 Å². The van der Waals surface area contributed by atoms with E-state index in [4.69, 9.17) is 11.6 Å². The highest BCUT2D eigenvalue weighted by Crippen LogP contribution is 2.22. The number of thiazole rings is 1. The summed E-state index contributed by atoms with van der Waals surface area (Å²) in [6.45, 7) is -0.376. The highest BCUT2D eigenvalue weighted by atomic mass is 35.5. The third-order valence-corrected chi connectivity index (χ3v) is 4.80. The maximum Gasteiger partial charge on any atom is 0.254 e. The monoisotopic (exact) mass is 421 g/mol. The van der Waals surface area contributed by atoms with E-state index < -0.39 is 23.4 Å². The fourth-order valence-electron chi connectivity index (χ4n) is 2.39. The molecule has 0 atom stereocenters. The van der Waals surface area contributed by atoms with E-state index in [0.29, 0.717) is 22.6 Å². The molecule has 0 spiro atoms. The number of rotatable bonds is 6. The molecule has 0 saturated carbocycles. The van der Waals surface area contributed by atoms with Gasteiger partial charge in [-0.25, -0.2) is 13.8 Å². The zero-order valence-electron chi connectivity index (χ0n) is 14.3. The van der Waals surface area contributed by atoms with Gasteiger partial charge < -0.3 is 10.6 Å². The number of nitrogens with one attached hydrogen (secondary N) is 2. The van der Waals surface area contributed by atoms with Gasteiger partial charge in [-0.2, -0.15) is 0 Å². The molecule has 28 heavy (non-hydrogen) atoms. The first-order valence-corrected chi connectivity index (χ1v) is 9.32. The lowest BCUT2D eigenvalue weighted by Gasteiger charge is -2.06. The van der Waals surface area contributed by atoms with Crippen molar-refractivity contribution >= 4 is 39.9 Å². The molecule has 144 valence electrons. The molecule has 0 unspecified atom stereocenters. The van der Waals surface area contributed by atoms with Crippen molar-refractivity contribution in [3.05, 3.63) is 81.3 Å². The van der Waals surface area contributed by atoms with Crippen LogP contribution in [-0.2, 0) is 11.2 Å². The predicted octanol–water partition coefficient (Wildman–Crippen LogP) is 4.03. The molecule has 0 aliphatic carbocycles. The number of benzene rings is 2. The lowest BCUT2D eigenvalue weighted by atomic mass is 10.1. The van der Waals surface area contributed by atoms with Crippen LogP contribution in [0.2, 0.25) is 5.02 Å². The summed E-state index contributed by atoms with van der Waals surface area (Å²) in [5.74, 6) is -3.11. The molecule has 5 nitrogen and oxygen atoms in total. The van der Waals surface area contributed by atoms with E-state index in [9.17, 15) is 18.4 Å². The van der Waals surface area contributed by atoms with Crippen molar-refractivity contribution in [2.75, 3.05) is 11.9 Å². The van der Waals surface area contributed by atoms with E-state index in [1.165, 1.54) is 11.3 Å². The van der Waals surface area contributed by atoms with Crippen LogP contribution in [0.4, 0.5) is 13.9 Å². The molecule has 3 aromatic rings. The summed E-state index contributed by atoms with van der Waals surface area (Å²) < 4.78 is 26.4. The minimum Gasteiger partial charge on any atom is -0.343 e. The molecule has 0 aliphatic heterocycles. The van der Waals surface area contributed by atoms with Crippen molar-refractivity contribution in [1.82, 2.24) is 10.3 Å². The Labute approximate surface area is 168 Å². The Balaban J connectivity index is 1.52. The first kappa shape index (κ1) is 19.9. The van der Waals surface area contributed by atoms with Crippen LogP contribution in [-0.4, -0.2) is 23.3 Å². The van der Waals surface area contributed by atoms with Crippen molar-refractivity contribution in [3.63, 3.8) is 0 Å². The van der Waals surface area contributed by atoms with Crippen LogP contribution in [0.5, 0.6) is 0 Å². The summed E-state index contributed by atoms with van der Waals surface area (Å²) in [6, 6.07) is 10.0. The van der Waals surface area contributed by atoms with Gasteiger partial charge in [0.1, 0.15) is 11.6 Å². The van der Waals surface area contributed by atoms with Crippen LogP contribution in [0, 0.1) is 11.6 Å². The quantitative estimate of drug-likeness (QED) is 0.631. The van der Waals surface area contributed by atoms with Gasteiger partial charge >= 0.3 is 0 Å². The Kier molecular flexibility index (Phi) is 6.33. The van der Waals surface area contributed by atoms with Crippen molar-refractivity contribution in [1.29, 1.82) is 0 Å². The topological polar surface area (TPSA) is 71.1 Å². The Morgan fingerprint density at radius 2 is 1.96 bits per heavy atom. The molecule has 0 saturated heterocycles. The fraction of sp³-hybridized carbons (Fsp3) is 0.105. The van der Waals surface area contributed by atoms with E-state index in [2.05, 4.69) is 15.6 Å². The Morgan fingerprint density at radius 3 is 2.71 bits per heavy atom. The smallest absolute Gasteiger partial charge is 0.254 e. The summed E-state index contributed by atoms with van der Waals surface area (Å²) in [5.41, 5.74) is 0.676. The minimum absolute atomic E-state index is 0.341. The minimum atomic E-state index is -0.997. The van der Waals surface area contributed by atoms with Gasteiger partial charge in [0.25, 0.3) is 5.91 Å². The highest BCUT2D eigenvalue weighted by Gasteiger charge is 2.14. The maximum absolute atomic E-state index is 13.6. The summed E-state index contributed by atoms with van der Waals surface area (Å²) in [5, 5.41) is 5.87. The molecule has 1 heterocycles. The largest absolute Gasteiger partial charge is 0.343 e. The number of amides is 2. The molecule has 9 heteroatoms. The number of hydrogen-bond acceptors (Lipinski definition) is 4. The van der Waals surface area contributed by atoms with Gasteiger partial charge in [0.15, 0.2) is 5.13 Å². The van der Waals surface area contributed by atoms with Crippen LogP contribution in [0.15, 0.2) is 48.7 Å². The molecule has 0 aliphatic rings. The van der Waals surface area contributed by atoms with E-state index >= 15 is 0 Å². The molecule has 2 aromatic carbocycles.